The number of primary amides is 1. The van der Waals surface area contributed by atoms with Gasteiger partial charge in [0, 0.05) is 18.1 Å². The Hall–Kier alpha value is -3.75. The minimum Gasteiger partial charge on any atom is -0.366 e. The largest absolute Gasteiger partial charge is 0.366 e. The number of nitrogens with zero attached hydrogens (tertiary/aromatic N) is 3. The van der Waals surface area contributed by atoms with Crippen molar-refractivity contribution in [1.82, 2.24) is 20.1 Å². The number of rotatable bonds is 3. The molecule has 1 saturated heterocycles. The summed E-state index contributed by atoms with van der Waals surface area (Å²) in [6.07, 6.45) is 7.01. The number of nitrogens with one attached hydrogen (secondary N) is 2. The van der Waals surface area contributed by atoms with E-state index in [4.69, 9.17) is 5.73 Å². The monoisotopic (exact) mass is 406 g/mol. The van der Waals surface area contributed by atoms with E-state index in [9.17, 15) is 14.4 Å². The first-order valence-corrected chi connectivity index (χ1v) is 9.74. The van der Waals surface area contributed by atoms with Crippen LogP contribution in [0.1, 0.15) is 46.8 Å². The van der Waals surface area contributed by atoms with Crippen LogP contribution in [-0.4, -0.2) is 44.3 Å². The molecule has 3 aromatic rings. The van der Waals surface area contributed by atoms with Gasteiger partial charge in [-0.2, -0.15) is 5.10 Å². The van der Waals surface area contributed by atoms with Crippen LogP contribution in [0.25, 0.3) is 10.9 Å². The third kappa shape index (κ3) is 3.73. The number of hydrogen-bond donors (Lipinski definition) is 3. The SMILES string of the molecule is Cc1cc([C@@H]2CCCCN2C(=O)C(=O)Nc2cncc(C(N)=O)c2)cc2cn[nH]c12. The number of nitrogens with two attached hydrogens (primary N) is 1. The predicted molar refractivity (Wildman–Crippen MR) is 111 cm³/mol. The molecule has 0 radical (unpaired) electrons. The highest BCUT2D eigenvalue weighted by Gasteiger charge is 2.32. The number of carbonyl (C=O) groups is 3. The summed E-state index contributed by atoms with van der Waals surface area (Å²) >= 11 is 0. The molecule has 0 unspecified atom stereocenters. The zero-order valence-corrected chi connectivity index (χ0v) is 16.5. The van der Waals surface area contributed by atoms with Gasteiger partial charge in [-0.25, -0.2) is 0 Å². The van der Waals surface area contributed by atoms with Crippen LogP contribution in [0, 0.1) is 6.92 Å². The van der Waals surface area contributed by atoms with Crippen molar-refractivity contribution in [3.05, 3.63) is 53.5 Å². The Bertz CT molecular complexity index is 1140. The molecule has 1 aliphatic rings. The highest BCUT2D eigenvalue weighted by molar-refractivity contribution is 6.39. The average molecular weight is 406 g/mol. The number of hydrogen-bond acceptors (Lipinski definition) is 5. The van der Waals surface area contributed by atoms with Crippen molar-refractivity contribution >= 4 is 34.3 Å². The van der Waals surface area contributed by atoms with Crippen LogP contribution in [0.15, 0.2) is 36.8 Å². The van der Waals surface area contributed by atoms with Gasteiger partial charge in [0.2, 0.25) is 5.91 Å². The van der Waals surface area contributed by atoms with Crippen molar-refractivity contribution in [3.63, 3.8) is 0 Å². The number of piperidine rings is 1. The van der Waals surface area contributed by atoms with Crippen LogP contribution < -0.4 is 11.1 Å². The van der Waals surface area contributed by atoms with Gasteiger partial charge < -0.3 is 16.0 Å². The maximum absolute atomic E-state index is 13.0. The molecule has 154 valence electrons. The number of benzene rings is 1. The van der Waals surface area contributed by atoms with Crippen molar-refractivity contribution in [3.8, 4) is 0 Å². The molecule has 0 spiro atoms. The standard InChI is InChI=1S/C21H22N6O3/c1-12-6-13(7-14-10-24-26-18(12)14)17-4-2-3-5-27(17)21(30)20(29)25-16-8-15(19(22)28)9-23-11-16/h6-11,17H,2-5H2,1H3,(H2,22,28)(H,24,26)(H,25,29)/t17-/m0/s1. The highest BCUT2D eigenvalue weighted by Crippen LogP contribution is 2.33. The molecule has 30 heavy (non-hydrogen) atoms. The fourth-order valence-electron chi connectivity index (χ4n) is 3.94. The summed E-state index contributed by atoms with van der Waals surface area (Å²) in [7, 11) is 0. The third-order valence-electron chi connectivity index (χ3n) is 5.39. The summed E-state index contributed by atoms with van der Waals surface area (Å²) in [4.78, 5) is 42.4. The molecule has 0 aliphatic carbocycles. The minimum absolute atomic E-state index is 0.153. The van der Waals surface area contributed by atoms with E-state index in [0.717, 1.165) is 41.3 Å². The molecular formula is C21H22N6O3. The van der Waals surface area contributed by atoms with Crippen molar-refractivity contribution < 1.29 is 14.4 Å². The number of likely N-dealkylation sites (tertiary alicyclic amines) is 1. The molecule has 3 heterocycles. The Kier molecular flexibility index (Phi) is 5.18. The molecule has 3 amide bonds. The number of carbonyl (C=O) groups excluding carboxylic acids is 3. The highest BCUT2D eigenvalue weighted by atomic mass is 16.2. The fourth-order valence-corrected chi connectivity index (χ4v) is 3.94. The van der Waals surface area contributed by atoms with Crippen LogP contribution in [0.5, 0.6) is 0 Å². The molecule has 4 N–H and O–H groups in total. The van der Waals surface area contributed by atoms with Gasteiger partial charge in [-0.15, -0.1) is 0 Å². The first-order valence-electron chi connectivity index (χ1n) is 9.74. The number of fused-ring (bicyclic) bond motifs is 1. The Balaban J connectivity index is 1.57. The van der Waals surface area contributed by atoms with Crippen molar-refractivity contribution in [2.45, 2.75) is 32.2 Å². The van der Waals surface area contributed by atoms with E-state index < -0.39 is 17.7 Å². The molecule has 1 fully saturated rings. The zero-order valence-electron chi connectivity index (χ0n) is 16.5. The van der Waals surface area contributed by atoms with Gasteiger partial charge in [-0.3, -0.25) is 24.5 Å². The Labute approximate surface area is 172 Å². The smallest absolute Gasteiger partial charge is 0.313 e. The molecule has 9 nitrogen and oxygen atoms in total. The van der Waals surface area contributed by atoms with E-state index >= 15 is 0 Å². The number of anilines is 1. The maximum atomic E-state index is 13.0. The number of pyridine rings is 1. The Morgan fingerprint density at radius 1 is 1.17 bits per heavy atom. The van der Waals surface area contributed by atoms with E-state index in [0.29, 0.717) is 6.54 Å². The van der Waals surface area contributed by atoms with Gasteiger partial charge in [0.05, 0.1) is 35.2 Å². The van der Waals surface area contributed by atoms with Crippen LogP contribution in [0.2, 0.25) is 0 Å². The number of aryl methyl sites for hydroxylation is 1. The fraction of sp³-hybridized carbons (Fsp3) is 0.286. The molecule has 1 aromatic carbocycles. The summed E-state index contributed by atoms with van der Waals surface area (Å²) in [6, 6.07) is 5.25. The number of H-pyrrole nitrogens is 1. The second-order valence-electron chi connectivity index (χ2n) is 7.46. The number of amides is 3. The summed E-state index contributed by atoms with van der Waals surface area (Å²) in [5.74, 6) is -2.05. The minimum atomic E-state index is -0.772. The number of aromatic amines is 1. The first-order chi connectivity index (χ1) is 14.4. The lowest BCUT2D eigenvalue weighted by molar-refractivity contribution is -0.145. The lowest BCUT2D eigenvalue weighted by atomic mass is 9.93. The van der Waals surface area contributed by atoms with Crippen LogP contribution >= 0.6 is 0 Å². The van der Waals surface area contributed by atoms with Crippen molar-refractivity contribution in [1.29, 1.82) is 0 Å². The summed E-state index contributed by atoms with van der Waals surface area (Å²) < 4.78 is 0. The third-order valence-corrected chi connectivity index (χ3v) is 5.39. The zero-order chi connectivity index (χ0) is 21.3. The van der Waals surface area contributed by atoms with Gasteiger partial charge in [-0.1, -0.05) is 6.07 Å². The quantitative estimate of drug-likeness (QED) is 0.572. The second-order valence-corrected chi connectivity index (χ2v) is 7.46. The Morgan fingerprint density at radius 3 is 2.80 bits per heavy atom. The molecule has 1 atom stereocenters. The lowest BCUT2D eigenvalue weighted by Gasteiger charge is -2.35. The van der Waals surface area contributed by atoms with Gasteiger partial charge in [0.1, 0.15) is 0 Å². The summed E-state index contributed by atoms with van der Waals surface area (Å²) in [5, 5.41) is 10.6. The molecule has 9 heteroatoms. The number of aromatic nitrogens is 3. The van der Waals surface area contributed by atoms with E-state index in [1.807, 2.05) is 19.1 Å². The summed E-state index contributed by atoms with van der Waals surface area (Å²) in [5.41, 5.74) is 8.63. The van der Waals surface area contributed by atoms with E-state index in [-0.39, 0.29) is 17.3 Å². The molecule has 0 saturated carbocycles. The van der Waals surface area contributed by atoms with Crippen LogP contribution in [0.4, 0.5) is 5.69 Å². The predicted octanol–water partition coefficient (Wildman–Crippen LogP) is 2.06. The van der Waals surface area contributed by atoms with E-state index in [1.165, 1.54) is 18.5 Å². The van der Waals surface area contributed by atoms with Gasteiger partial charge in [-0.05, 0) is 49.4 Å². The Morgan fingerprint density at radius 2 is 2.00 bits per heavy atom. The van der Waals surface area contributed by atoms with E-state index in [2.05, 4.69) is 20.5 Å². The summed E-state index contributed by atoms with van der Waals surface area (Å²) in [6.45, 7) is 2.49. The maximum Gasteiger partial charge on any atom is 0.313 e. The second kappa shape index (κ2) is 7.94. The van der Waals surface area contributed by atoms with Gasteiger partial charge in [0.15, 0.2) is 0 Å². The first kappa shape index (κ1) is 19.6. The molecule has 4 rings (SSSR count). The molecular weight excluding hydrogens is 384 g/mol. The van der Waals surface area contributed by atoms with Crippen LogP contribution in [0.3, 0.4) is 0 Å². The molecule has 0 bridgehead atoms. The van der Waals surface area contributed by atoms with Gasteiger partial charge in [0.25, 0.3) is 0 Å². The van der Waals surface area contributed by atoms with Crippen LogP contribution in [-0.2, 0) is 9.59 Å². The van der Waals surface area contributed by atoms with Crippen molar-refractivity contribution in [2.24, 2.45) is 5.73 Å². The average Bonchev–Trinajstić information content (AvgIpc) is 3.22. The van der Waals surface area contributed by atoms with E-state index in [1.54, 1.807) is 11.1 Å². The molecule has 1 aliphatic heterocycles. The topological polar surface area (TPSA) is 134 Å². The van der Waals surface area contributed by atoms with Crippen molar-refractivity contribution in [2.75, 3.05) is 11.9 Å². The molecule has 2 aromatic heterocycles. The normalized spacial score (nSPS) is 16.4. The van der Waals surface area contributed by atoms with Gasteiger partial charge >= 0.3 is 11.8 Å². The lowest BCUT2D eigenvalue weighted by Crippen LogP contribution is -2.44.